The highest BCUT2D eigenvalue weighted by Crippen LogP contribution is 2.31. The van der Waals surface area contributed by atoms with Crippen molar-refractivity contribution in [3.05, 3.63) is 0 Å². The van der Waals surface area contributed by atoms with Crippen LogP contribution in [-0.2, 0) is 0 Å². The Morgan fingerprint density at radius 3 is 2.69 bits per heavy atom. The molecule has 2 rings (SSSR count). The number of nitrogens with one attached hydrogen (secondary N) is 1. The van der Waals surface area contributed by atoms with Gasteiger partial charge in [-0.1, -0.05) is 12.8 Å². The van der Waals surface area contributed by atoms with Crippen LogP contribution in [0.5, 0.6) is 0 Å². The van der Waals surface area contributed by atoms with Gasteiger partial charge in [-0.2, -0.15) is 17.0 Å². The van der Waals surface area contributed by atoms with Gasteiger partial charge in [0.05, 0.1) is 12.0 Å². The van der Waals surface area contributed by atoms with Crippen LogP contribution < -0.4 is 5.32 Å². The van der Waals surface area contributed by atoms with E-state index in [0.717, 1.165) is 11.7 Å². The highest BCUT2D eigenvalue weighted by atomic mass is 32.2. The molecule has 4 unspecified atom stereocenters. The van der Waals surface area contributed by atoms with Crippen molar-refractivity contribution < 1.29 is 0 Å². The van der Waals surface area contributed by atoms with Crippen molar-refractivity contribution in [3.8, 4) is 6.07 Å². The Morgan fingerprint density at radius 2 is 2.00 bits per heavy atom. The average Bonchev–Trinajstić information content (AvgIpc) is 2.77. The second-order valence-corrected chi connectivity index (χ2v) is 6.30. The molecular weight excluding hydrogens is 216 g/mol. The standard InChI is InChI=1S/C13H22N2S/c1-16-12-7-6-11(8-12)15-13-5-3-2-4-10(13)9-14/h10-13,15H,2-8H2,1H3. The molecule has 2 fully saturated rings. The van der Waals surface area contributed by atoms with Gasteiger partial charge < -0.3 is 5.32 Å². The Bertz CT molecular complexity index is 261. The van der Waals surface area contributed by atoms with Gasteiger partial charge in [-0.05, 0) is 38.4 Å². The van der Waals surface area contributed by atoms with Crippen molar-refractivity contribution in [2.45, 2.75) is 62.3 Å². The quantitative estimate of drug-likeness (QED) is 0.821. The first kappa shape index (κ1) is 12.3. The van der Waals surface area contributed by atoms with Crippen LogP contribution in [0.4, 0.5) is 0 Å². The van der Waals surface area contributed by atoms with E-state index in [1.165, 1.54) is 38.5 Å². The predicted octanol–water partition coefficient (Wildman–Crippen LogP) is 2.94. The molecule has 2 aliphatic carbocycles. The predicted molar refractivity (Wildman–Crippen MR) is 69.4 cm³/mol. The molecule has 0 aromatic rings. The summed E-state index contributed by atoms with van der Waals surface area (Å²) in [6.07, 6.45) is 11.0. The third-order valence-corrected chi connectivity index (χ3v) is 5.19. The molecule has 2 saturated carbocycles. The van der Waals surface area contributed by atoms with E-state index < -0.39 is 0 Å². The van der Waals surface area contributed by atoms with Gasteiger partial charge in [0.1, 0.15) is 0 Å². The molecule has 4 atom stereocenters. The summed E-state index contributed by atoms with van der Waals surface area (Å²) in [5.41, 5.74) is 0. The summed E-state index contributed by atoms with van der Waals surface area (Å²) in [6.45, 7) is 0. The summed E-state index contributed by atoms with van der Waals surface area (Å²) in [5.74, 6) is 0.266. The smallest absolute Gasteiger partial charge is 0.0672 e. The molecule has 2 aliphatic rings. The molecule has 0 amide bonds. The van der Waals surface area contributed by atoms with Crippen LogP contribution in [0.15, 0.2) is 0 Å². The van der Waals surface area contributed by atoms with Gasteiger partial charge in [0.2, 0.25) is 0 Å². The molecule has 1 N–H and O–H groups in total. The van der Waals surface area contributed by atoms with Crippen LogP contribution in [0, 0.1) is 17.2 Å². The zero-order valence-corrected chi connectivity index (χ0v) is 10.9. The molecule has 0 radical (unpaired) electrons. The van der Waals surface area contributed by atoms with Gasteiger partial charge in [0, 0.05) is 17.3 Å². The van der Waals surface area contributed by atoms with Crippen molar-refractivity contribution in [2.24, 2.45) is 5.92 Å². The van der Waals surface area contributed by atoms with E-state index in [2.05, 4.69) is 17.6 Å². The van der Waals surface area contributed by atoms with Crippen LogP contribution in [0.3, 0.4) is 0 Å². The van der Waals surface area contributed by atoms with Crippen molar-refractivity contribution in [2.75, 3.05) is 6.26 Å². The molecule has 0 saturated heterocycles. The normalized spacial score (nSPS) is 39.5. The summed E-state index contributed by atoms with van der Waals surface area (Å²) in [7, 11) is 0. The van der Waals surface area contributed by atoms with Crippen LogP contribution in [-0.4, -0.2) is 23.6 Å². The minimum atomic E-state index is 0.266. The number of hydrogen-bond acceptors (Lipinski definition) is 3. The van der Waals surface area contributed by atoms with E-state index in [-0.39, 0.29) is 5.92 Å². The van der Waals surface area contributed by atoms with E-state index in [1.54, 1.807) is 0 Å². The summed E-state index contributed by atoms with van der Waals surface area (Å²) in [5, 5.41) is 13.7. The third kappa shape index (κ3) is 2.93. The molecule has 3 heteroatoms. The minimum Gasteiger partial charge on any atom is -0.310 e. The summed E-state index contributed by atoms with van der Waals surface area (Å²) < 4.78 is 0. The molecule has 2 nitrogen and oxygen atoms in total. The number of nitrogens with zero attached hydrogens (tertiary/aromatic N) is 1. The lowest BCUT2D eigenvalue weighted by Crippen LogP contribution is -2.43. The van der Waals surface area contributed by atoms with Crippen molar-refractivity contribution >= 4 is 11.8 Å². The lowest BCUT2D eigenvalue weighted by atomic mass is 9.85. The summed E-state index contributed by atoms with van der Waals surface area (Å²) in [6, 6.07) is 3.64. The topological polar surface area (TPSA) is 35.8 Å². The molecule has 0 aliphatic heterocycles. The van der Waals surface area contributed by atoms with Crippen LogP contribution >= 0.6 is 11.8 Å². The second kappa shape index (κ2) is 5.93. The number of thioether (sulfide) groups is 1. The van der Waals surface area contributed by atoms with E-state index in [9.17, 15) is 0 Å². The van der Waals surface area contributed by atoms with Gasteiger partial charge in [0.25, 0.3) is 0 Å². The second-order valence-electron chi connectivity index (χ2n) is 5.16. The van der Waals surface area contributed by atoms with E-state index in [1.807, 2.05) is 11.8 Å². The Hall–Kier alpha value is -0.200. The fourth-order valence-corrected chi connectivity index (χ4v) is 3.89. The fraction of sp³-hybridized carbons (Fsp3) is 0.923. The monoisotopic (exact) mass is 238 g/mol. The minimum absolute atomic E-state index is 0.266. The number of hydrogen-bond donors (Lipinski definition) is 1. The summed E-state index contributed by atoms with van der Waals surface area (Å²) >= 11 is 2.00. The molecule has 16 heavy (non-hydrogen) atoms. The van der Waals surface area contributed by atoms with Gasteiger partial charge in [-0.3, -0.25) is 0 Å². The lowest BCUT2D eigenvalue weighted by molar-refractivity contribution is 0.286. The fourth-order valence-electron chi connectivity index (χ4n) is 3.09. The molecule has 0 bridgehead atoms. The van der Waals surface area contributed by atoms with Crippen molar-refractivity contribution in [1.29, 1.82) is 5.26 Å². The van der Waals surface area contributed by atoms with Crippen LogP contribution in [0.25, 0.3) is 0 Å². The van der Waals surface area contributed by atoms with Crippen LogP contribution in [0.2, 0.25) is 0 Å². The maximum atomic E-state index is 9.14. The molecule has 0 spiro atoms. The Kier molecular flexibility index (Phi) is 4.55. The Balaban J connectivity index is 1.82. The zero-order valence-electron chi connectivity index (χ0n) is 10.1. The molecule has 0 aromatic carbocycles. The molecular formula is C13H22N2S. The zero-order chi connectivity index (χ0) is 11.4. The number of nitriles is 1. The van der Waals surface area contributed by atoms with Gasteiger partial charge in [0.15, 0.2) is 0 Å². The van der Waals surface area contributed by atoms with Crippen molar-refractivity contribution in [3.63, 3.8) is 0 Å². The lowest BCUT2D eigenvalue weighted by Gasteiger charge is -2.30. The average molecular weight is 238 g/mol. The first-order valence-corrected chi connectivity index (χ1v) is 7.80. The van der Waals surface area contributed by atoms with E-state index >= 15 is 0 Å². The van der Waals surface area contributed by atoms with Gasteiger partial charge in [-0.25, -0.2) is 0 Å². The Morgan fingerprint density at radius 1 is 1.19 bits per heavy atom. The van der Waals surface area contributed by atoms with E-state index in [0.29, 0.717) is 12.1 Å². The Labute approximate surface area is 103 Å². The highest BCUT2D eigenvalue weighted by molar-refractivity contribution is 7.99. The van der Waals surface area contributed by atoms with Crippen LogP contribution in [0.1, 0.15) is 44.9 Å². The first-order chi connectivity index (χ1) is 7.83. The first-order valence-electron chi connectivity index (χ1n) is 6.52. The summed E-state index contributed by atoms with van der Waals surface area (Å²) in [4.78, 5) is 0. The largest absolute Gasteiger partial charge is 0.310 e. The maximum absolute atomic E-state index is 9.14. The van der Waals surface area contributed by atoms with E-state index in [4.69, 9.17) is 5.26 Å². The SMILES string of the molecule is CSC1CCC(NC2CCCCC2C#N)C1. The third-order valence-electron chi connectivity index (χ3n) is 4.10. The highest BCUT2D eigenvalue weighted by Gasteiger charge is 2.30. The van der Waals surface area contributed by atoms with Gasteiger partial charge in [-0.15, -0.1) is 0 Å². The van der Waals surface area contributed by atoms with Crippen molar-refractivity contribution in [1.82, 2.24) is 5.32 Å². The molecule has 0 aromatic heterocycles. The maximum Gasteiger partial charge on any atom is 0.0672 e. The number of rotatable bonds is 3. The molecule has 0 heterocycles. The van der Waals surface area contributed by atoms with Gasteiger partial charge >= 0.3 is 0 Å². The molecule has 90 valence electrons.